The Morgan fingerprint density at radius 2 is 1.48 bits per heavy atom. The quantitative estimate of drug-likeness (QED) is 0.842. The molecule has 0 aliphatic rings. The minimum atomic E-state index is -1.81. The molecule has 5 heteroatoms. The Morgan fingerprint density at radius 3 is 1.88 bits per heavy atom. The van der Waals surface area contributed by atoms with E-state index in [4.69, 9.17) is 0 Å². The number of nitrogens with zero attached hydrogens (tertiary/aromatic N) is 1. The van der Waals surface area contributed by atoms with Crippen molar-refractivity contribution >= 4 is 11.8 Å². The first-order valence-corrected chi connectivity index (χ1v) is 8.21. The van der Waals surface area contributed by atoms with E-state index in [1.165, 1.54) is 4.90 Å². The Bertz CT molecular complexity index is 677. The number of carbonyl (C=O) groups is 2. The Morgan fingerprint density at radius 1 is 1.04 bits per heavy atom. The van der Waals surface area contributed by atoms with Crippen LogP contribution in [0.5, 0.6) is 0 Å². The zero-order chi connectivity index (χ0) is 18.4. The first-order chi connectivity index (χ1) is 11.9. The second-order valence-electron chi connectivity index (χ2n) is 6.14. The molecule has 25 heavy (non-hydrogen) atoms. The molecule has 2 N–H and O–H groups in total. The molecule has 2 rings (SSSR count). The summed E-state index contributed by atoms with van der Waals surface area (Å²) in [6, 6.07) is 17.7. The van der Waals surface area contributed by atoms with Crippen molar-refractivity contribution in [3.05, 3.63) is 71.8 Å². The summed E-state index contributed by atoms with van der Waals surface area (Å²) in [4.78, 5) is 26.3. The second-order valence-corrected chi connectivity index (χ2v) is 6.14. The lowest BCUT2D eigenvalue weighted by Gasteiger charge is -2.33. The van der Waals surface area contributed by atoms with Crippen molar-refractivity contribution in [1.29, 1.82) is 0 Å². The van der Waals surface area contributed by atoms with Gasteiger partial charge in [-0.25, -0.2) is 0 Å². The maximum atomic E-state index is 13.2. The molecule has 0 aliphatic carbocycles. The number of hydrogen-bond acceptors (Lipinski definition) is 3. The highest BCUT2D eigenvalue weighted by atomic mass is 16.3. The van der Waals surface area contributed by atoms with E-state index in [2.05, 4.69) is 5.32 Å². The SMILES string of the molecule is CNC(=O)C(C)CN(C)C(=O)C(O)(c1ccccc1)c1ccccc1. The third-order valence-corrected chi connectivity index (χ3v) is 4.28. The van der Waals surface area contributed by atoms with Gasteiger partial charge in [-0.15, -0.1) is 0 Å². The van der Waals surface area contributed by atoms with Crippen LogP contribution in [0.3, 0.4) is 0 Å². The summed E-state index contributed by atoms with van der Waals surface area (Å²) in [5.74, 6) is -1.00. The van der Waals surface area contributed by atoms with Crippen LogP contribution in [0.1, 0.15) is 18.1 Å². The lowest BCUT2D eigenvalue weighted by Crippen LogP contribution is -2.48. The molecule has 0 saturated heterocycles. The number of rotatable bonds is 6. The molecule has 0 radical (unpaired) electrons. The van der Waals surface area contributed by atoms with Crippen LogP contribution >= 0.6 is 0 Å². The summed E-state index contributed by atoms with van der Waals surface area (Å²) < 4.78 is 0. The summed E-state index contributed by atoms with van der Waals surface area (Å²) in [6.45, 7) is 1.95. The monoisotopic (exact) mass is 340 g/mol. The second kappa shape index (κ2) is 7.94. The molecule has 1 atom stereocenters. The fourth-order valence-corrected chi connectivity index (χ4v) is 2.87. The summed E-state index contributed by atoms with van der Waals surface area (Å²) in [5.41, 5.74) is -0.823. The van der Waals surface area contributed by atoms with Crippen molar-refractivity contribution in [2.24, 2.45) is 5.92 Å². The molecule has 5 nitrogen and oxygen atoms in total. The van der Waals surface area contributed by atoms with Crippen LogP contribution in [0, 0.1) is 5.92 Å². The van der Waals surface area contributed by atoms with Gasteiger partial charge in [-0.2, -0.15) is 0 Å². The summed E-state index contributed by atoms with van der Waals surface area (Å²) in [5, 5.41) is 14.0. The molecular formula is C20H24N2O3. The molecule has 2 amide bonds. The smallest absolute Gasteiger partial charge is 0.263 e. The van der Waals surface area contributed by atoms with E-state index in [1.54, 1.807) is 69.6 Å². The third kappa shape index (κ3) is 3.88. The summed E-state index contributed by atoms with van der Waals surface area (Å²) >= 11 is 0. The van der Waals surface area contributed by atoms with Gasteiger partial charge >= 0.3 is 0 Å². The van der Waals surface area contributed by atoms with Gasteiger partial charge in [0.15, 0.2) is 5.60 Å². The topological polar surface area (TPSA) is 69.6 Å². The first-order valence-electron chi connectivity index (χ1n) is 8.21. The molecule has 132 valence electrons. The predicted molar refractivity (Wildman–Crippen MR) is 96.8 cm³/mol. The fourth-order valence-electron chi connectivity index (χ4n) is 2.87. The highest BCUT2D eigenvalue weighted by Gasteiger charge is 2.42. The Hall–Kier alpha value is -2.66. The third-order valence-electron chi connectivity index (χ3n) is 4.28. The van der Waals surface area contributed by atoms with Gasteiger partial charge in [-0.05, 0) is 11.1 Å². The van der Waals surface area contributed by atoms with Gasteiger partial charge in [0, 0.05) is 20.6 Å². The van der Waals surface area contributed by atoms with E-state index in [-0.39, 0.29) is 18.4 Å². The maximum Gasteiger partial charge on any atom is 0.263 e. The highest BCUT2D eigenvalue weighted by Crippen LogP contribution is 2.31. The lowest BCUT2D eigenvalue weighted by molar-refractivity contribution is -0.147. The van der Waals surface area contributed by atoms with E-state index in [1.807, 2.05) is 12.1 Å². The number of likely N-dealkylation sites (N-methyl/N-ethyl adjacent to an activating group) is 1. The molecular weight excluding hydrogens is 316 g/mol. The number of hydrogen-bond donors (Lipinski definition) is 2. The van der Waals surface area contributed by atoms with Gasteiger partial charge in [0.05, 0.1) is 5.92 Å². The lowest BCUT2D eigenvalue weighted by atomic mass is 9.85. The van der Waals surface area contributed by atoms with Gasteiger partial charge in [0.2, 0.25) is 5.91 Å². The zero-order valence-electron chi connectivity index (χ0n) is 14.8. The van der Waals surface area contributed by atoms with Gasteiger partial charge in [0.25, 0.3) is 5.91 Å². The van der Waals surface area contributed by atoms with E-state index in [0.717, 1.165) is 0 Å². The standard InChI is InChI=1S/C20H24N2O3/c1-15(18(23)21-2)14-22(3)19(24)20(25,16-10-6-4-7-11-16)17-12-8-5-9-13-17/h4-13,15,25H,14H2,1-3H3,(H,21,23). The molecule has 1 unspecified atom stereocenters. The fraction of sp³-hybridized carbons (Fsp3) is 0.300. The molecule has 0 spiro atoms. The highest BCUT2D eigenvalue weighted by molar-refractivity contribution is 5.90. The van der Waals surface area contributed by atoms with E-state index < -0.39 is 11.5 Å². The van der Waals surface area contributed by atoms with Crippen molar-refractivity contribution in [2.45, 2.75) is 12.5 Å². The Kier molecular flexibility index (Phi) is 5.93. The van der Waals surface area contributed by atoms with Gasteiger partial charge < -0.3 is 15.3 Å². The summed E-state index contributed by atoms with van der Waals surface area (Å²) in [7, 11) is 3.16. The van der Waals surface area contributed by atoms with Crippen LogP contribution in [-0.2, 0) is 15.2 Å². The van der Waals surface area contributed by atoms with Crippen molar-refractivity contribution in [2.75, 3.05) is 20.6 Å². The molecule has 0 aromatic heterocycles. The number of nitrogens with one attached hydrogen (secondary N) is 1. The van der Waals surface area contributed by atoms with Crippen LogP contribution < -0.4 is 5.32 Å². The maximum absolute atomic E-state index is 13.2. The largest absolute Gasteiger partial charge is 0.372 e. The Labute approximate surface area is 148 Å². The molecule has 0 heterocycles. The van der Waals surface area contributed by atoms with Crippen LogP contribution in [0.2, 0.25) is 0 Å². The first kappa shape index (κ1) is 18.7. The minimum Gasteiger partial charge on any atom is -0.372 e. The molecule has 0 bridgehead atoms. The van der Waals surface area contributed by atoms with Crippen molar-refractivity contribution in [3.63, 3.8) is 0 Å². The molecule has 2 aromatic rings. The van der Waals surface area contributed by atoms with Crippen LogP contribution in [0.4, 0.5) is 0 Å². The van der Waals surface area contributed by atoms with Crippen molar-refractivity contribution in [3.8, 4) is 0 Å². The van der Waals surface area contributed by atoms with E-state index in [0.29, 0.717) is 11.1 Å². The Balaban J connectivity index is 2.39. The molecule has 0 fully saturated rings. The number of benzene rings is 2. The van der Waals surface area contributed by atoms with Crippen LogP contribution in [-0.4, -0.2) is 42.5 Å². The van der Waals surface area contributed by atoms with Crippen LogP contribution in [0.25, 0.3) is 0 Å². The van der Waals surface area contributed by atoms with E-state index >= 15 is 0 Å². The van der Waals surface area contributed by atoms with E-state index in [9.17, 15) is 14.7 Å². The predicted octanol–water partition coefficient (Wildman–Crippen LogP) is 1.76. The number of aliphatic hydroxyl groups is 1. The normalized spacial score (nSPS) is 12.3. The van der Waals surface area contributed by atoms with Gasteiger partial charge in [-0.1, -0.05) is 67.6 Å². The van der Waals surface area contributed by atoms with Crippen molar-refractivity contribution in [1.82, 2.24) is 10.2 Å². The number of amides is 2. The average molecular weight is 340 g/mol. The van der Waals surface area contributed by atoms with Crippen molar-refractivity contribution < 1.29 is 14.7 Å². The average Bonchev–Trinajstić information content (AvgIpc) is 2.67. The molecule has 2 aromatic carbocycles. The molecule has 0 aliphatic heterocycles. The zero-order valence-corrected chi connectivity index (χ0v) is 14.8. The van der Waals surface area contributed by atoms with Gasteiger partial charge in [-0.3, -0.25) is 9.59 Å². The van der Waals surface area contributed by atoms with Crippen LogP contribution in [0.15, 0.2) is 60.7 Å². The summed E-state index contributed by atoms with van der Waals surface area (Å²) in [6.07, 6.45) is 0. The minimum absolute atomic E-state index is 0.150. The molecule has 0 saturated carbocycles. The number of carbonyl (C=O) groups excluding carboxylic acids is 2. The van der Waals surface area contributed by atoms with Gasteiger partial charge in [0.1, 0.15) is 0 Å².